The third kappa shape index (κ3) is 3.89. The van der Waals surface area contributed by atoms with E-state index in [1.54, 1.807) is 0 Å². The zero-order chi connectivity index (χ0) is 32.8. The Hall–Kier alpha value is -6.71. The van der Waals surface area contributed by atoms with E-state index in [0.717, 1.165) is 61.2 Å². The van der Waals surface area contributed by atoms with Gasteiger partial charge >= 0.3 is 0 Å². The van der Waals surface area contributed by atoms with Crippen molar-refractivity contribution >= 4 is 76.1 Å². The fraction of sp³-hybridized carbons (Fsp3) is 0. The number of benzene rings is 8. The molecule has 3 heteroatoms. The summed E-state index contributed by atoms with van der Waals surface area (Å²) >= 11 is 0. The van der Waals surface area contributed by atoms with Gasteiger partial charge in [0.1, 0.15) is 17.0 Å². The Morgan fingerprint density at radius 3 is 1.64 bits per heavy atom. The first-order valence-electron chi connectivity index (χ1n) is 17.0. The highest BCUT2D eigenvalue weighted by Gasteiger charge is 2.16. The molecule has 0 aliphatic rings. The van der Waals surface area contributed by atoms with Crippen molar-refractivity contribution in [2.24, 2.45) is 0 Å². The van der Waals surface area contributed by atoms with Gasteiger partial charge < -0.3 is 4.42 Å². The van der Waals surface area contributed by atoms with E-state index in [1.165, 1.54) is 43.1 Å². The summed E-state index contributed by atoms with van der Waals surface area (Å²) < 4.78 is 8.71. The van der Waals surface area contributed by atoms with Crippen LogP contribution in [0.25, 0.3) is 104 Å². The van der Waals surface area contributed by atoms with E-state index in [-0.39, 0.29) is 0 Å². The number of para-hydroxylation sites is 4. The fourth-order valence-corrected chi connectivity index (χ4v) is 8.14. The monoisotopic (exact) mass is 636 g/mol. The Morgan fingerprint density at radius 2 is 0.920 bits per heavy atom. The maximum absolute atomic E-state index is 6.43. The van der Waals surface area contributed by atoms with Crippen LogP contribution in [-0.2, 0) is 0 Å². The standard InChI is InChI=1S/C47H28N2O/c1-2-12-33-32(11-1)40-27-29(31-16-9-17-39-38-15-5-8-21-45(38)50-47(31)39)23-25-34(40)35-26-24-30(28-41(33)35)42-18-10-22-46(48-42)49-43-19-6-3-13-36(43)37-14-4-7-20-44(37)49/h1-28H. The van der Waals surface area contributed by atoms with Crippen LogP contribution < -0.4 is 0 Å². The van der Waals surface area contributed by atoms with Gasteiger partial charge in [-0.25, -0.2) is 4.98 Å². The molecule has 0 spiro atoms. The summed E-state index contributed by atoms with van der Waals surface area (Å²) in [6, 6.07) is 60.7. The second kappa shape index (κ2) is 10.4. The molecule has 0 radical (unpaired) electrons. The summed E-state index contributed by atoms with van der Waals surface area (Å²) in [7, 11) is 0. The average Bonchev–Trinajstić information content (AvgIpc) is 3.74. The zero-order valence-corrected chi connectivity index (χ0v) is 27.0. The first-order valence-corrected chi connectivity index (χ1v) is 17.0. The van der Waals surface area contributed by atoms with Gasteiger partial charge in [0.2, 0.25) is 0 Å². The first-order chi connectivity index (χ1) is 24.8. The summed E-state index contributed by atoms with van der Waals surface area (Å²) in [6.45, 7) is 0. The molecule has 11 rings (SSSR count). The number of aromatic nitrogens is 2. The molecule has 0 N–H and O–H groups in total. The molecule has 0 bridgehead atoms. The van der Waals surface area contributed by atoms with Crippen molar-refractivity contribution < 1.29 is 4.42 Å². The van der Waals surface area contributed by atoms with Gasteiger partial charge in [-0.1, -0.05) is 127 Å². The van der Waals surface area contributed by atoms with Crippen LogP contribution >= 0.6 is 0 Å². The zero-order valence-electron chi connectivity index (χ0n) is 27.0. The smallest absolute Gasteiger partial charge is 0.143 e. The average molecular weight is 637 g/mol. The molecule has 0 atom stereocenters. The van der Waals surface area contributed by atoms with Gasteiger partial charge in [0.15, 0.2) is 0 Å². The topological polar surface area (TPSA) is 31.0 Å². The molecule has 8 aromatic carbocycles. The van der Waals surface area contributed by atoms with E-state index in [4.69, 9.17) is 9.40 Å². The largest absolute Gasteiger partial charge is 0.455 e. The van der Waals surface area contributed by atoms with Crippen LogP contribution in [0.2, 0.25) is 0 Å². The van der Waals surface area contributed by atoms with Gasteiger partial charge in [-0.3, -0.25) is 4.57 Å². The predicted molar refractivity (Wildman–Crippen MR) is 209 cm³/mol. The van der Waals surface area contributed by atoms with Crippen molar-refractivity contribution in [2.45, 2.75) is 0 Å². The maximum Gasteiger partial charge on any atom is 0.143 e. The minimum absolute atomic E-state index is 0.912. The summed E-state index contributed by atoms with van der Waals surface area (Å²) in [4.78, 5) is 5.27. The predicted octanol–water partition coefficient (Wildman–Crippen LogP) is 12.9. The third-order valence-electron chi connectivity index (χ3n) is 10.4. The van der Waals surface area contributed by atoms with Gasteiger partial charge in [0.25, 0.3) is 0 Å². The van der Waals surface area contributed by atoms with E-state index in [9.17, 15) is 0 Å². The lowest BCUT2D eigenvalue weighted by Crippen LogP contribution is -1.98. The van der Waals surface area contributed by atoms with Gasteiger partial charge in [-0.2, -0.15) is 0 Å². The molecule has 50 heavy (non-hydrogen) atoms. The second-order valence-corrected chi connectivity index (χ2v) is 13.1. The lowest BCUT2D eigenvalue weighted by molar-refractivity contribution is 0.670. The minimum atomic E-state index is 0.912. The first kappa shape index (κ1) is 27.3. The van der Waals surface area contributed by atoms with E-state index in [0.29, 0.717) is 0 Å². The molecule has 11 aromatic rings. The lowest BCUT2D eigenvalue weighted by atomic mass is 9.90. The Balaban J connectivity index is 1.09. The van der Waals surface area contributed by atoms with Crippen LogP contribution in [0.5, 0.6) is 0 Å². The molecule has 0 saturated carbocycles. The summed E-state index contributed by atoms with van der Waals surface area (Å²) in [5.41, 5.74) is 8.46. The highest BCUT2D eigenvalue weighted by atomic mass is 16.3. The van der Waals surface area contributed by atoms with Crippen LogP contribution in [-0.4, -0.2) is 9.55 Å². The summed E-state index contributed by atoms with van der Waals surface area (Å²) in [5.74, 6) is 0.912. The van der Waals surface area contributed by atoms with E-state index in [2.05, 4.69) is 162 Å². The number of furan rings is 1. The van der Waals surface area contributed by atoms with Crippen molar-refractivity contribution in [3.05, 3.63) is 170 Å². The van der Waals surface area contributed by atoms with Gasteiger partial charge in [-0.05, 0) is 80.3 Å². The van der Waals surface area contributed by atoms with Crippen LogP contribution in [0.4, 0.5) is 0 Å². The molecule has 0 aliphatic heterocycles. The second-order valence-electron chi connectivity index (χ2n) is 13.1. The van der Waals surface area contributed by atoms with Crippen LogP contribution in [0, 0.1) is 0 Å². The Bertz CT molecular complexity index is 3090. The van der Waals surface area contributed by atoms with Crippen molar-refractivity contribution in [3.8, 4) is 28.2 Å². The number of hydrogen-bond acceptors (Lipinski definition) is 2. The molecule has 3 aromatic heterocycles. The van der Waals surface area contributed by atoms with Crippen molar-refractivity contribution in [2.75, 3.05) is 0 Å². The molecule has 0 unspecified atom stereocenters. The molecular weight excluding hydrogens is 609 g/mol. The fourth-order valence-electron chi connectivity index (χ4n) is 8.14. The van der Waals surface area contributed by atoms with Gasteiger partial charge in [0.05, 0.1) is 16.7 Å². The van der Waals surface area contributed by atoms with Crippen LogP contribution in [0.3, 0.4) is 0 Å². The number of fused-ring (bicyclic) bond motifs is 12. The maximum atomic E-state index is 6.43. The van der Waals surface area contributed by atoms with E-state index < -0.39 is 0 Å². The Labute approximate surface area is 287 Å². The third-order valence-corrected chi connectivity index (χ3v) is 10.4. The molecule has 3 nitrogen and oxygen atoms in total. The van der Waals surface area contributed by atoms with E-state index in [1.807, 2.05) is 12.1 Å². The number of pyridine rings is 1. The van der Waals surface area contributed by atoms with Crippen molar-refractivity contribution in [1.29, 1.82) is 0 Å². The highest BCUT2D eigenvalue weighted by Crippen LogP contribution is 2.41. The molecular formula is C47H28N2O. The van der Waals surface area contributed by atoms with Crippen LogP contribution in [0.15, 0.2) is 174 Å². The van der Waals surface area contributed by atoms with Crippen LogP contribution in [0.1, 0.15) is 0 Å². The molecule has 0 fully saturated rings. The van der Waals surface area contributed by atoms with Crippen molar-refractivity contribution in [3.63, 3.8) is 0 Å². The lowest BCUT2D eigenvalue weighted by Gasteiger charge is -2.14. The normalized spacial score (nSPS) is 12.0. The number of nitrogens with zero attached hydrogens (tertiary/aromatic N) is 2. The molecule has 0 saturated heterocycles. The Morgan fingerprint density at radius 1 is 0.380 bits per heavy atom. The number of hydrogen-bond donors (Lipinski definition) is 0. The minimum Gasteiger partial charge on any atom is -0.455 e. The van der Waals surface area contributed by atoms with Gasteiger partial charge in [-0.15, -0.1) is 0 Å². The molecule has 232 valence electrons. The molecule has 0 amide bonds. The SMILES string of the molecule is c1cc(-c2ccc3c4ccc(-c5cccc6c5oc5ccccc56)cc4c4ccccc4c3c2)nc(-n2c3ccccc3c3ccccc32)c1. The highest BCUT2D eigenvalue weighted by molar-refractivity contribution is 6.26. The Kier molecular flexibility index (Phi) is 5.67. The summed E-state index contributed by atoms with van der Waals surface area (Å²) in [6.07, 6.45) is 0. The molecule has 3 heterocycles. The number of rotatable bonds is 3. The quantitative estimate of drug-likeness (QED) is 0.181. The summed E-state index contributed by atoms with van der Waals surface area (Å²) in [5, 5.41) is 12.1. The van der Waals surface area contributed by atoms with Crippen molar-refractivity contribution in [1.82, 2.24) is 9.55 Å². The van der Waals surface area contributed by atoms with Gasteiger partial charge in [0, 0.05) is 32.7 Å². The molecule has 0 aliphatic carbocycles. The van der Waals surface area contributed by atoms with E-state index >= 15 is 0 Å².